The predicted octanol–water partition coefficient (Wildman–Crippen LogP) is 0.684. The number of hydrogen-bond acceptors (Lipinski definition) is 4. The lowest BCUT2D eigenvalue weighted by molar-refractivity contribution is -0.139. The zero-order valence-corrected chi connectivity index (χ0v) is 13.9. The molecule has 0 aromatic rings. The van der Waals surface area contributed by atoms with E-state index in [1.54, 1.807) is 6.92 Å². The summed E-state index contributed by atoms with van der Waals surface area (Å²) in [6.07, 6.45) is 6.32. The van der Waals surface area contributed by atoms with Gasteiger partial charge in [-0.1, -0.05) is 12.8 Å². The van der Waals surface area contributed by atoms with Gasteiger partial charge in [-0.3, -0.25) is 19.8 Å². The minimum Gasteiger partial charge on any atom is -0.351 e. The third kappa shape index (κ3) is 4.92. The average molecular weight is 324 g/mol. The fourth-order valence-corrected chi connectivity index (χ4v) is 3.50. The van der Waals surface area contributed by atoms with Crippen molar-refractivity contribution in [1.29, 1.82) is 0 Å². The van der Waals surface area contributed by atoms with Gasteiger partial charge in [-0.15, -0.1) is 0 Å². The highest BCUT2D eigenvalue weighted by Gasteiger charge is 2.33. The molecule has 2 saturated heterocycles. The van der Waals surface area contributed by atoms with Crippen LogP contribution in [0.3, 0.4) is 0 Å². The first kappa shape index (κ1) is 17.7. The predicted molar refractivity (Wildman–Crippen MR) is 86.5 cm³/mol. The van der Waals surface area contributed by atoms with Gasteiger partial charge in [-0.05, 0) is 39.2 Å². The first-order chi connectivity index (χ1) is 11.0. The standard InChI is InChI=1S/C16H28N4O3/c1-12(14(21)18-16(17)23)20-10-6-7-13(11-20)15(22)19-8-4-2-3-5-9-19/h12-13H,2-11H2,1H3,(H3,17,18,21,23)/t12-,13-/m1/s1. The van der Waals surface area contributed by atoms with Crippen LogP contribution in [0.2, 0.25) is 0 Å². The molecule has 0 bridgehead atoms. The lowest BCUT2D eigenvalue weighted by Crippen LogP contribution is -2.53. The molecule has 0 aromatic carbocycles. The number of hydrogen-bond donors (Lipinski definition) is 2. The van der Waals surface area contributed by atoms with Crippen LogP contribution in [-0.4, -0.2) is 59.9 Å². The fourth-order valence-electron chi connectivity index (χ4n) is 3.50. The summed E-state index contributed by atoms with van der Waals surface area (Å²) in [4.78, 5) is 39.5. The van der Waals surface area contributed by atoms with Gasteiger partial charge in [0.05, 0.1) is 12.0 Å². The Balaban J connectivity index is 1.92. The van der Waals surface area contributed by atoms with E-state index in [1.807, 2.05) is 9.80 Å². The molecule has 23 heavy (non-hydrogen) atoms. The Bertz CT molecular complexity index is 447. The fraction of sp³-hybridized carbons (Fsp3) is 0.812. The lowest BCUT2D eigenvalue weighted by atomic mass is 9.95. The van der Waals surface area contributed by atoms with Gasteiger partial charge in [0.15, 0.2) is 0 Å². The molecule has 0 unspecified atom stereocenters. The van der Waals surface area contributed by atoms with E-state index in [1.165, 1.54) is 12.8 Å². The maximum atomic E-state index is 12.7. The topological polar surface area (TPSA) is 95.7 Å². The highest BCUT2D eigenvalue weighted by molar-refractivity contribution is 5.96. The van der Waals surface area contributed by atoms with Gasteiger partial charge in [0.25, 0.3) is 0 Å². The summed E-state index contributed by atoms with van der Waals surface area (Å²) in [5, 5.41) is 2.12. The molecule has 130 valence electrons. The number of carbonyl (C=O) groups excluding carboxylic acids is 3. The Morgan fingerprint density at radius 3 is 2.30 bits per heavy atom. The molecule has 2 aliphatic rings. The third-order valence-electron chi connectivity index (χ3n) is 4.89. The van der Waals surface area contributed by atoms with Crippen LogP contribution < -0.4 is 11.1 Å². The first-order valence-electron chi connectivity index (χ1n) is 8.62. The van der Waals surface area contributed by atoms with E-state index in [2.05, 4.69) is 5.32 Å². The van der Waals surface area contributed by atoms with E-state index in [-0.39, 0.29) is 11.8 Å². The van der Waals surface area contributed by atoms with Crippen LogP contribution in [0, 0.1) is 5.92 Å². The molecule has 2 heterocycles. The molecule has 0 aliphatic carbocycles. The molecule has 0 aromatic heterocycles. The molecular weight excluding hydrogens is 296 g/mol. The second-order valence-electron chi connectivity index (χ2n) is 6.60. The van der Waals surface area contributed by atoms with Crippen molar-refractivity contribution in [2.24, 2.45) is 11.7 Å². The summed E-state index contributed by atoms with van der Waals surface area (Å²) in [6.45, 7) is 4.79. The largest absolute Gasteiger partial charge is 0.351 e. The zero-order chi connectivity index (χ0) is 16.8. The molecule has 2 atom stereocenters. The second kappa shape index (κ2) is 8.29. The molecule has 2 fully saturated rings. The summed E-state index contributed by atoms with van der Waals surface area (Å²) >= 11 is 0. The number of carbonyl (C=O) groups is 3. The van der Waals surface area contributed by atoms with Gasteiger partial charge in [-0.2, -0.15) is 0 Å². The van der Waals surface area contributed by atoms with Crippen LogP contribution in [-0.2, 0) is 9.59 Å². The monoisotopic (exact) mass is 324 g/mol. The number of primary amides is 1. The molecule has 3 N–H and O–H groups in total. The van der Waals surface area contributed by atoms with E-state index in [9.17, 15) is 14.4 Å². The number of urea groups is 1. The molecule has 7 nitrogen and oxygen atoms in total. The minimum absolute atomic E-state index is 0.0503. The van der Waals surface area contributed by atoms with Crippen molar-refractivity contribution in [3.8, 4) is 0 Å². The maximum absolute atomic E-state index is 12.7. The van der Waals surface area contributed by atoms with Crippen molar-refractivity contribution >= 4 is 17.8 Å². The molecule has 0 radical (unpaired) electrons. The summed E-state index contributed by atoms with van der Waals surface area (Å²) in [6, 6.07) is -1.29. The normalized spacial score (nSPS) is 24.6. The highest BCUT2D eigenvalue weighted by atomic mass is 16.2. The third-order valence-corrected chi connectivity index (χ3v) is 4.89. The highest BCUT2D eigenvalue weighted by Crippen LogP contribution is 2.22. The SMILES string of the molecule is C[C@H](C(=O)NC(N)=O)N1CCC[C@@H](C(=O)N2CCCCCC2)C1. The molecule has 7 heteroatoms. The van der Waals surface area contributed by atoms with Crippen LogP contribution in [0.4, 0.5) is 4.79 Å². The van der Waals surface area contributed by atoms with Gasteiger partial charge in [0.1, 0.15) is 0 Å². The summed E-state index contributed by atoms with van der Waals surface area (Å²) in [5.74, 6) is -0.231. The molecule has 2 rings (SSSR count). The molecule has 2 aliphatic heterocycles. The number of amides is 4. The van der Waals surface area contributed by atoms with Crippen molar-refractivity contribution in [2.45, 2.75) is 51.5 Å². The number of imide groups is 1. The van der Waals surface area contributed by atoms with Gasteiger partial charge >= 0.3 is 6.03 Å². The van der Waals surface area contributed by atoms with Crippen molar-refractivity contribution in [2.75, 3.05) is 26.2 Å². The summed E-state index contributed by atoms with van der Waals surface area (Å²) < 4.78 is 0. The second-order valence-corrected chi connectivity index (χ2v) is 6.60. The Morgan fingerprint density at radius 1 is 1.04 bits per heavy atom. The molecule has 4 amide bonds. The molecule has 0 spiro atoms. The van der Waals surface area contributed by atoms with E-state index in [4.69, 9.17) is 5.73 Å². The number of rotatable bonds is 3. The van der Waals surface area contributed by atoms with E-state index in [0.717, 1.165) is 45.3 Å². The van der Waals surface area contributed by atoms with Gasteiger partial charge in [-0.25, -0.2) is 4.79 Å². The molecule has 0 saturated carbocycles. The Kier molecular flexibility index (Phi) is 6.38. The summed E-state index contributed by atoms with van der Waals surface area (Å²) in [7, 11) is 0. The number of nitrogens with two attached hydrogens (primary N) is 1. The number of likely N-dealkylation sites (tertiary alicyclic amines) is 2. The minimum atomic E-state index is -0.837. The van der Waals surface area contributed by atoms with Gasteiger partial charge in [0.2, 0.25) is 11.8 Å². The number of piperidine rings is 1. The van der Waals surface area contributed by atoms with Crippen molar-refractivity contribution in [3.63, 3.8) is 0 Å². The summed E-state index contributed by atoms with van der Waals surface area (Å²) in [5.41, 5.74) is 5.00. The van der Waals surface area contributed by atoms with Gasteiger partial charge < -0.3 is 10.6 Å². The van der Waals surface area contributed by atoms with Crippen LogP contribution in [0.15, 0.2) is 0 Å². The number of nitrogens with zero attached hydrogens (tertiary/aromatic N) is 2. The van der Waals surface area contributed by atoms with E-state index < -0.39 is 18.0 Å². The van der Waals surface area contributed by atoms with Crippen molar-refractivity contribution in [3.05, 3.63) is 0 Å². The van der Waals surface area contributed by atoms with Crippen molar-refractivity contribution in [1.82, 2.24) is 15.1 Å². The lowest BCUT2D eigenvalue weighted by Gasteiger charge is -2.37. The van der Waals surface area contributed by atoms with E-state index in [0.29, 0.717) is 6.54 Å². The van der Waals surface area contributed by atoms with E-state index >= 15 is 0 Å². The first-order valence-corrected chi connectivity index (χ1v) is 8.62. The number of nitrogens with one attached hydrogen (secondary N) is 1. The Morgan fingerprint density at radius 2 is 1.70 bits per heavy atom. The van der Waals surface area contributed by atoms with Crippen molar-refractivity contribution < 1.29 is 14.4 Å². The van der Waals surface area contributed by atoms with Crippen LogP contribution >= 0.6 is 0 Å². The van der Waals surface area contributed by atoms with Crippen LogP contribution in [0.25, 0.3) is 0 Å². The molecular formula is C16H28N4O3. The van der Waals surface area contributed by atoms with Crippen LogP contribution in [0.5, 0.6) is 0 Å². The average Bonchev–Trinajstić information content (AvgIpc) is 2.82. The Labute approximate surface area is 137 Å². The smallest absolute Gasteiger partial charge is 0.318 e. The van der Waals surface area contributed by atoms with Crippen LogP contribution in [0.1, 0.15) is 45.4 Å². The van der Waals surface area contributed by atoms with Gasteiger partial charge in [0, 0.05) is 19.6 Å². The quantitative estimate of drug-likeness (QED) is 0.798. The maximum Gasteiger partial charge on any atom is 0.318 e. The Hall–Kier alpha value is -1.63. The zero-order valence-electron chi connectivity index (χ0n) is 13.9.